The Kier molecular flexibility index (Phi) is 7.94. The minimum atomic E-state index is -4.29. The van der Waals surface area contributed by atoms with E-state index in [4.69, 9.17) is 15.8 Å². The number of benzene rings is 1. The highest BCUT2D eigenvalue weighted by Crippen LogP contribution is 2.29. The average Bonchev–Trinajstić information content (AvgIpc) is 2.59. The van der Waals surface area contributed by atoms with Crippen LogP contribution in [0.5, 0.6) is 0 Å². The van der Waals surface area contributed by atoms with Gasteiger partial charge in [0.25, 0.3) is 0 Å². The fourth-order valence-electron chi connectivity index (χ4n) is 3.54. The van der Waals surface area contributed by atoms with Crippen molar-refractivity contribution in [1.82, 2.24) is 4.90 Å². The van der Waals surface area contributed by atoms with Crippen molar-refractivity contribution in [2.75, 3.05) is 13.1 Å². The van der Waals surface area contributed by atoms with E-state index in [-0.39, 0.29) is 6.04 Å². The largest absolute Gasteiger partial charge is 0.451 e. The molecule has 0 spiro atoms. The van der Waals surface area contributed by atoms with Gasteiger partial charge in [-0.1, -0.05) is 25.0 Å². The van der Waals surface area contributed by atoms with E-state index in [1.54, 1.807) is 12.1 Å². The Balaban J connectivity index is 1.71. The first kappa shape index (κ1) is 21.2. The number of hydrogen-bond donors (Lipinski definition) is 3. The van der Waals surface area contributed by atoms with Gasteiger partial charge in [0.2, 0.25) is 0 Å². The molecule has 0 saturated carbocycles. The molecule has 0 radical (unpaired) electrons. The van der Waals surface area contributed by atoms with E-state index < -0.39 is 18.9 Å². The molecule has 0 aliphatic carbocycles. The Bertz CT molecular complexity index is 532. The first-order valence-corrected chi connectivity index (χ1v) is 9.26. The molecule has 1 aliphatic heterocycles. The summed E-state index contributed by atoms with van der Waals surface area (Å²) < 4.78 is 37.8. The molecule has 4 N–H and O–H groups in total. The second-order valence-corrected chi connectivity index (χ2v) is 7.24. The number of likely N-dealkylation sites (tertiary alicyclic amines) is 1. The molecule has 146 valence electrons. The minimum absolute atomic E-state index is 0.124. The van der Waals surface area contributed by atoms with E-state index in [0.717, 1.165) is 62.9 Å². The van der Waals surface area contributed by atoms with Gasteiger partial charge in [0, 0.05) is 12.6 Å². The number of nitrogens with two attached hydrogens (primary N) is 1. The van der Waals surface area contributed by atoms with Gasteiger partial charge in [0.1, 0.15) is 0 Å². The van der Waals surface area contributed by atoms with Gasteiger partial charge in [-0.25, -0.2) is 0 Å². The molecule has 1 saturated heterocycles. The number of rotatable bonds is 8. The van der Waals surface area contributed by atoms with Crippen molar-refractivity contribution in [2.24, 2.45) is 11.7 Å². The first-order valence-electron chi connectivity index (χ1n) is 9.26. The third-order valence-electron chi connectivity index (χ3n) is 5.17. The van der Waals surface area contributed by atoms with Gasteiger partial charge >= 0.3 is 13.3 Å². The van der Waals surface area contributed by atoms with Crippen LogP contribution in [0.4, 0.5) is 13.2 Å². The Hall–Kier alpha value is -1.09. The van der Waals surface area contributed by atoms with Crippen LogP contribution in [0, 0.1) is 5.92 Å². The second-order valence-electron chi connectivity index (χ2n) is 7.24. The number of unbranched alkanes of at least 4 members (excludes halogenated alkanes) is 1. The van der Waals surface area contributed by atoms with Crippen LogP contribution < -0.4 is 5.73 Å². The molecular formula is C18H28BF3N2O2. The number of halogens is 3. The number of alkyl halides is 3. The topological polar surface area (TPSA) is 69.7 Å². The SMILES string of the molecule is NC(CCCCB(O)O)C1CCN(Cc2ccc(C(F)(F)F)cc2)CC1. The lowest BCUT2D eigenvalue weighted by Crippen LogP contribution is -2.40. The standard InChI is InChI=1S/C18H28BF3N2O2/c20-18(21,22)16-6-4-14(5-7-16)13-24-11-8-15(9-12-24)17(23)3-1-2-10-19(25)26/h4-7,15,17,25-26H,1-3,8-13,23H2. The van der Waals surface area contributed by atoms with E-state index in [9.17, 15) is 13.2 Å². The maximum atomic E-state index is 12.6. The molecule has 0 amide bonds. The van der Waals surface area contributed by atoms with Gasteiger partial charge < -0.3 is 15.8 Å². The van der Waals surface area contributed by atoms with Gasteiger partial charge in [0.05, 0.1) is 5.56 Å². The molecular weight excluding hydrogens is 344 g/mol. The van der Waals surface area contributed by atoms with Crippen LogP contribution in [0.3, 0.4) is 0 Å². The van der Waals surface area contributed by atoms with Gasteiger partial charge in [-0.15, -0.1) is 0 Å². The highest BCUT2D eigenvalue weighted by atomic mass is 19.4. The van der Waals surface area contributed by atoms with Crippen molar-refractivity contribution < 1.29 is 23.2 Å². The lowest BCUT2D eigenvalue weighted by atomic mass is 9.82. The maximum Gasteiger partial charge on any atom is 0.451 e. The fraction of sp³-hybridized carbons (Fsp3) is 0.667. The van der Waals surface area contributed by atoms with Crippen molar-refractivity contribution >= 4 is 7.12 Å². The van der Waals surface area contributed by atoms with E-state index in [1.807, 2.05) is 0 Å². The van der Waals surface area contributed by atoms with Crippen LogP contribution in [0.25, 0.3) is 0 Å². The molecule has 4 nitrogen and oxygen atoms in total. The van der Waals surface area contributed by atoms with Gasteiger partial charge in [-0.3, -0.25) is 4.90 Å². The van der Waals surface area contributed by atoms with E-state index in [0.29, 0.717) is 18.8 Å². The molecule has 0 bridgehead atoms. The zero-order valence-electron chi connectivity index (χ0n) is 15.0. The molecule has 1 fully saturated rings. The Labute approximate surface area is 153 Å². The van der Waals surface area contributed by atoms with E-state index in [2.05, 4.69) is 4.90 Å². The molecule has 0 aromatic heterocycles. The Morgan fingerprint density at radius 2 is 1.73 bits per heavy atom. The van der Waals surface area contributed by atoms with Crippen molar-refractivity contribution in [3.63, 3.8) is 0 Å². The van der Waals surface area contributed by atoms with Crippen molar-refractivity contribution in [3.05, 3.63) is 35.4 Å². The third kappa shape index (κ3) is 6.91. The summed E-state index contributed by atoms with van der Waals surface area (Å²) in [6, 6.07) is 5.51. The molecule has 1 unspecified atom stereocenters. The van der Waals surface area contributed by atoms with Gasteiger partial charge in [-0.05, 0) is 62.3 Å². The Morgan fingerprint density at radius 3 is 2.27 bits per heavy atom. The van der Waals surface area contributed by atoms with Gasteiger partial charge in [0.15, 0.2) is 0 Å². The fourth-order valence-corrected chi connectivity index (χ4v) is 3.54. The molecule has 1 aromatic carbocycles. The Morgan fingerprint density at radius 1 is 1.12 bits per heavy atom. The van der Waals surface area contributed by atoms with Crippen LogP contribution in [0.1, 0.15) is 43.2 Å². The van der Waals surface area contributed by atoms with Gasteiger partial charge in [-0.2, -0.15) is 13.2 Å². The normalized spacial score (nSPS) is 18.1. The third-order valence-corrected chi connectivity index (χ3v) is 5.17. The number of hydrogen-bond acceptors (Lipinski definition) is 4. The highest BCUT2D eigenvalue weighted by Gasteiger charge is 2.30. The molecule has 1 aromatic rings. The molecule has 8 heteroatoms. The summed E-state index contributed by atoms with van der Waals surface area (Å²) in [6.07, 6.45) is 0.619. The summed E-state index contributed by atoms with van der Waals surface area (Å²) in [7, 11) is -1.24. The highest BCUT2D eigenvalue weighted by molar-refractivity contribution is 6.40. The van der Waals surface area contributed by atoms with Crippen molar-refractivity contribution in [3.8, 4) is 0 Å². The quantitative estimate of drug-likeness (QED) is 0.485. The molecule has 1 aliphatic rings. The maximum absolute atomic E-state index is 12.6. The predicted molar refractivity (Wildman–Crippen MR) is 96.3 cm³/mol. The zero-order chi connectivity index (χ0) is 19.2. The van der Waals surface area contributed by atoms with Crippen LogP contribution in [0.2, 0.25) is 6.32 Å². The van der Waals surface area contributed by atoms with Crippen molar-refractivity contribution in [2.45, 2.75) is 57.2 Å². The minimum Gasteiger partial charge on any atom is -0.427 e. The molecule has 2 rings (SSSR count). The average molecular weight is 372 g/mol. The van der Waals surface area contributed by atoms with Crippen LogP contribution in [-0.2, 0) is 12.7 Å². The lowest BCUT2D eigenvalue weighted by Gasteiger charge is -2.35. The van der Waals surface area contributed by atoms with Crippen LogP contribution in [0.15, 0.2) is 24.3 Å². The predicted octanol–water partition coefficient (Wildman–Crippen LogP) is 2.89. The smallest absolute Gasteiger partial charge is 0.427 e. The van der Waals surface area contributed by atoms with Crippen molar-refractivity contribution in [1.29, 1.82) is 0 Å². The second kappa shape index (κ2) is 9.74. The monoisotopic (exact) mass is 372 g/mol. The summed E-state index contributed by atoms with van der Waals surface area (Å²) in [4.78, 5) is 2.26. The summed E-state index contributed by atoms with van der Waals surface area (Å²) in [6.45, 7) is 2.46. The molecule has 26 heavy (non-hydrogen) atoms. The summed E-state index contributed by atoms with van der Waals surface area (Å²) in [5.74, 6) is 0.456. The summed E-state index contributed by atoms with van der Waals surface area (Å²) >= 11 is 0. The van der Waals surface area contributed by atoms with E-state index >= 15 is 0 Å². The molecule has 1 atom stereocenters. The number of piperidine rings is 1. The van der Waals surface area contributed by atoms with Crippen LogP contribution >= 0.6 is 0 Å². The lowest BCUT2D eigenvalue weighted by molar-refractivity contribution is -0.137. The molecule has 1 heterocycles. The summed E-state index contributed by atoms with van der Waals surface area (Å²) in [5.41, 5.74) is 6.55. The number of nitrogens with zero attached hydrogens (tertiary/aromatic N) is 1. The first-order chi connectivity index (χ1) is 12.3. The summed E-state index contributed by atoms with van der Waals surface area (Å²) in [5, 5.41) is 17.7. The van der Waals surface area contributed by atoms with E-state index in [1.165, 1.54) is 0 Å². The van der Waals surface area contributed by atoms with Crippen LogP contribution in [-0.4, -0.2) is 41.2 Å². The zero-order valence-corrected chi connectivity index (χ0v) is 15.0.